The zero-order chi connectivity index (χ0) is 15.2. The summed E-state index contributed by atoms with van der Waals surface area (Å²) < 4.78 is 27.2. The minimum atomic E-state index is -3.58. The number of nitrogens with one attached hydrogen (secondary N) is 1. The molecule has 2 N–H and O–H groups in total. The van der Waals surface area contributed by atoms with Gasteiger partial charge in [-0.1, -0.05) is 12.8 Å². The third-order valence-electron chi connectivity index (χ3n) is 3.75. The highest BCUT2D eigenvalue weighted by Gasteiger charge is 2.21. The molecule has 0 bridgehead atoms. The summed E-state index contributed by atoms with van der Waals surface area (Å²) in [5, 5.41) is 8.55. The fraction of sp³-hybridized carbons (Fsp3) is 0.917. The van der Waals surface area contributed by atoms with E-state index in [1.54, 1.807) is 0 Å². The van der Waals surface area contributed by atoms with Gasteiger partial charge in [0.15, 0.2) is 0 Å². The Hall–Kier alpha value is -0.700. The van der Waals surface area contributed by atoms with Gasteiger partial charge in [-0.25, -0.2) is 4.72 Å². The summed E-state index contributed by atoms with van der Waals surface area (Å²) in [6.45, 7) is 0.979. The lowest BCUT2D eigenvalue weighted by Crippen LogP contribution is -2.43. The largest absolute Gasteiger partial charge is 0.481 e. The second kappa shape index (κ2) is 7.92. The lowest BCUT2D eigenvalue weighted by atomic mass is 10.2. The minimum Gasteiger partial charge on any atom is -0.481 e. The summed E-state index contributed by atoms with van der Waals surface area (Å²) in [6, 6.07) is 0.559. The summed E-state index contributed by atoms with van der Waals surface area (Å²) in [4.78, 5) is 12.6. The molecule has 118 valence electrons. The first kappa shape index (κ1) is 17.4. The van der Waals surface area contributed by atoms with E-state index in [-0.39, 0.29) is 13.0 Å². The van der Waals surface area contributed by atoms with E-state index in [9.17, 15) is 13.2 Å². The van der Waals surface area contributed by atoms with Crippen LogP contribution < -0.4 is 4.72 Å². The van der Waals surface area contributed by atoms with Crippen LogP contribution in [-0.4, -0.2) is 68.5 Å². The van der Waals surface area contributed by atoms with Crippen LogP contribution in [0.3, 0.4) is 0 Å². The Morgan fingerprint density at radius 3 is 2.40 bits per heavy atom. The first-order valence-corrected chi connectivity index (χ1v) is 8.40. The van der Waals surface area contributed by atoms with Crippen molar-refractivity contribution < 1.29 is 18.3 Å². The van der Waals surface area contributed by atoms with Gasteiger partial charge in [0.05, 0.1) is 6.42 Å². The number of carbonyl (C=O) groups is 1. The van der Waals surface area contributed by atoms with Crippen molar-refractivity contribution in [3.8, 4) is 0 Å². The molecule has 1 rings (SSSR count). The maximum atomic E-state index is 11.8. The van der Waals surface area contributed by atoms with Gasteiger partial charge in [0, 0.05) is 32.7 Å². The second-order valence-electron chi connectivity index (χ2n) is 5.28. The number of likely N-dealkylation sites (N-methyl/N-ethyl adjacent to an activating group) is 1. The van der Waals surface area contributed by atoms with E-state index in [2.05, 4.69) is 9.62 Å². The van der Waals surface area contributed by atoms with Crippen molar-refractivity contribution in [2.75, 3.05) is 33.7 Å². The Labute approximate surface area is 121 Å². The summed E-state index contributed by atoms with van der Waals surface area (Å²) in [5.41, 5.74) is 0. The van der Waals surface area contributed by atoms with Crippen molar-refractivity contribution in [1.29, 1.82) is 0 Å². The maximum absolute atomic E-state index is 11.8. The molecule has 7 nitrogen and oxygen atoms in total. The van der Waals surface area contributed by atoms with Crippen molar-refractivity contribution in [2.45, 2.75) is 38.1 Å². The fourth-order valence-corrected chi connectivity index (χ4v) is 3.26. The molecule has 0 aromatic rings. The predicted molar refractivity (Wildman–Crippen MR) is 76.7 cm³/mol. The smallest absolute Gasteiger partial charge is 0.304 e. The molecule has 8 heteroatoms. The number of carboxylic acids is 1. The molecule has 0 saturated heterocycles. The number of hydrogen-bond acceptors (Lipinski definition) is 4. The third kappa shape index (κ3) is 5.74. The van der Waals surface area contributed by atoms with Gasteiger partial charge in [0.25, 0.3) is 10.2 Å². The van der Waals surface area contributed by atoms with Crippen molar-refractivity contribution >= 4 is 16.2 Å². The van der Waals surface area contributed by atoms with Gasteiger partial charge in [-0.2, -0.15) is 12.7 Å². The number of rotatable bonds is 9. The van der Waals surface area contributed by atoms with Crippen LogP contribution in [0.4, 0.5) is 0 Å². The van der Waals surface area contributed by atoms with E-state index in [0.29, 0.717) is 19.1 Å². The summed E-state index contributed by atoms with van der Waals surface area (Å²) in [5.74, 6) is -1.01. The molecule has 0 spiro atoms. The lowest BCUT2D eigenvalue weighted by Gasteiger charge is -2.24. The average Bonchev–Trinajstić information content (AvgIpc) is 2.89. The monoisotopic (exact) mass is 307 g/mol. The highest BCUT2D eigenvalue weighted by molar-refractivity contribution is 7.87. The molecule has 0 heterocycles. The van der Waals surface area contributed by atoms with Crippen LogP contribution in [0.15, 0.2) is 0 Å². The SMILES string of the molecule is CN(CCNS(=O)(=O)N(C)CCC(=O)O)C1CCCC1. The molecule has 0 aromatic heterocycles. The first-order valence-electron chi connectivity index (χ1n) is 6.96. The molecule has 1 saturated carbocycles. The molecule has 1 aliphatic rings. The van der Waals surface area contributed by atoms with Crippen LogP contribution in [0, 0.1) is 0 Å². The van der Waals surface area contributed by atoms with Crippen LogP contribution in [0.1, 0.15) is 32.1 Å². The molecular weight excluding hydrogens is 282 g/mol. The summed E-state index contributed by atoms with van der Waals surface area (Å²) >= 11 is 0. The molecular formula is C12H25N3O4S. The molecule has 1 aliphatic carbocycles. The van der Waals surface area contributed by atoms with Gasteiger partial charge in [0.2, 0.25) is 0 Å². The summed E-state index contributed by atoms with van der Waals surface area (Å²) in [6.07, 6.45) is 4.67. The standard InChI is InChI=1S/C12H25N3O4S/c1-14(11-5-3-4-6-11)10-8-13-20(18,19)15(2)9-7-12(16)17/h11,13H,3-10H2,1-2H3,(H,16,17). The van der Waals surface area contributed by atoms with Gasteiger partial charge >= 0.3 is 5.97 Å². The summed E-state index contributed by atoms with van der Waals surface area (Å²) in [7, 11) is -0.189. The van der Waals surface area contributed by atoms with Crippen molar-refractivity contribution in [1.82, 2.24) is 13.9 Å². The fourth-order valence-electron chi connectivity index (χ4n) is 2.36. The Morgan fingerprint density at radius 2 is 1.85 bits per heavy atom. The molecule has 0 aromatic carbocycles. The van der Waals surface area contributed by atoms with E-state index >= 15 is 0 Å². The van der Waals surface area contributed by atoms with E-state index < -0.39 is 16.2 Å². The Balaban J connectivity index is 2.29. The highest BCUT2D eigenvalue weighted by atomic mass is 32.2. The van der Waals surface area contributed by atoms with Crippen LogP contribution >= 0.6 is 0 Å². The average molecular weight is 307 g/mol. The van der Waals surface area contributed by atoms with Gasteiger partial charge in [-0.05, 0) is 19.9 Å². The van der Waals surface area contributed by atoms with E-state index in [1.807, 2.05) is 7.05 Å². The number of aliphatic carboxylic acids is 1. The second-order valence-corrected chi connectivity index (χ2v) is 7.15. The van der Waals surface area contributed by atoms with Crippen LogP contribution in [0.25, 0.3) is 0 Å². The van der Waals surface area contributed by atoms with Crippen molar-refractivity contribution in [2.24, 2.45) is 0 Å². The maximum Gasteiger partial charge on any atom is 0.304 e. The molecule has 20 heavy (non-hydrogen) atoms. The van der Waals surface area contributed by atoms with Crippen LogP contribution in [-0.2, 0) is 15.0 Å². The Bertz CT molecular complexity index is 407. The van der Waals surface area contributed by atoms with Crippen LogP contribution in [0.2, 0.25) is 0 Å². The van der Waals surface area contributed by atoms with Gasteiger partial charge < -0.3 is 10.0 Å². The molecule has 0 aliphatic heterocycles. The third-order valence-corrected chi connectivity index (χ3v) is 5.32. The zero-order valence-electron chi connectivity index (χ0n) is 12.2. The van der Waals surface area contributed by atoms with E-state index in [4.69, 9.17) is 5.11 Å². The Morgan fingerprint density at radius 1 is 1.25 bits per heavy atom. The van der Waals surface area contributed by atoms with Crippen molar-refractivity contribution in [3.63, 3.8) is 0 Å². The van der Waals surface area contributed by atoms with Gasteiger partial charge in [0.1, 0.15) is 0 Å². The molecule has 1 fully saturated rings. The zero-order valence-corrected chi connectivity index (χ0v) is 13.0. The van der Waals surface area contributed by atoms with Gasteiger partial charge in [-0.3, -0.25) is 4.79 Å². The minimum absolute atomic E-state index is 0.0247. The molecule has 0 unspecified atom stereocenters. The highest BCUT2D eigenvalue weighted by Crippen LogP contribution is 2.21. The predicted octanol–water partition coefficient (Wildman–Crippen LogP) is 0.102. The van der Waals surface area contributed by atoms with Crippen molar-refractivity contribution in [3.05, 3.63) is 0 Å². The first-order chi connectivity index (χ1) is 9.33. The van der Waals surface area contributed by atoms with Crippen LogP contribution in [0.5, 0.6) is 0 Å². The topological polar surface area (TPSA) is 90.0 Å². The molecule has 0 amide bonds. The quantitative estimate of drug-likeness (QED) is 0.630. The number of hydrogen-bond donors (Lipinski definition) is 2. The van der Waals surface area contributed by atoms with E-state index in [0.717, 1.165) is 4.31 Å². The van der Waals surface area contributed by atoms with E-state index in [1.165, 1.54) is 32.7 Å². The Kier molecular flexibility index (Phi) is 6.87. The number of carboxylic acid groups (broad SMARTS) is 1. The molecule has 0 atom stereocenters. The number of nitrogens with zero attached hydrogens (tertiary/aromatic N) is 2. The lowest BCUT2D eigenvalue weighted by molar-refractivity contribution is -0.137. The normalized spacial score (nSPS) is 17.2. The van der Waals surface area contributed by atoms with Gasteiger partial charge in [-0.15, -0.1) is 0 Å². The molecule has 0 radical (unpaired) electrons.